The quantitative estimate of drug-likeness (QED) is 0.842. The summed E-state index contributed by atoms with van der Waals surface area (Å²) in [5, 5.41) is -0.212. The number of aromatic nitrogens is 2. The summed E-state index contributed by atoms with van der Waals surface area (Å²) in [4.78, 5) is 27.4. The maximum absolute atomic E-state index is 11.9. The number of ether oxygens (including phenoxy) is 2. The first-order chi connectivity index (χ1) is 11.1. The first-order valence-corrected chi connectivity index (χ1v) is 7.91. The first kappa shape index (κ1) is 15.6. The van der Waals surface area contributed by atoms with Crippen molar-refractivity contribution in [3.8, 4) is 0 Å². The highest BCUT2D eigenvalue weighted by Gasteiger charge is 2.29. The Balaban J connectivity index is 1.56. The third kappa shape index (κ3) is 3.72. The van der Waals surface area contributed by atoms with Crippen molar-refractivity contribution in [3.63, 3.8) is 0 Å². The van der Waals surface area contributed by atoms with Crippen molar-refractivity contribution in [1.82, 2.24) is 9.55 Å². The van der Waals surface area contributed by atoms with Gasteiger partial charge in [-0.15, -0.1) is 0 Å². The number of anilines is 1. The van der Waals surface area contributed by atoms with Gasteiger partial charge < -0.3 is 15.2 Å². The number of carbonyl (C=O) groups is 1. The largest absolute Gasteiger partial charge is 0.458 e. The van der Waals surface area contributed by atoms with Crippen LogP contribution in [-0.2, 0) is 9.47 Å². The lowest BCUT2D eigenvalue weighted by atomic mass is 10.2. The molecule has 2 aromatic rings. The average Bonchev–Trinajstić information content (AvgIpc) is 3.02. The molecule has 0 spiro atoms. The lowest BCUT2D eigenvalue weighted by Crippen LogP contribution is -2.26. The van der Waals surface area contributed by atoms with E-state index in [1.807, 2.05) is 6.07 Å². The van der Waals surface area contributed by atoms with Gasteiger partial charge in [0.05, 0.1) is 12.2 Å². The van der Waals surface area contributed by atoms with E-state index in [0.29, 0.717) is 12.2 Å². The number of nitrogen functional groups attached to an aromatic ring is 1. The summed E-state index contributed by atoms with van der Waals surface area (Å²) >= 11 is 1.40. The molecule has 0 saturated carbocycles. The molecular formula is C15H15N3O4S. The number of nitrogens with zero attached hydrogens (tertiary/aromatic N) is 2. The molecule has 120 valence electrons. The van der Waals surface area contributed by atoms with E-state index < -0.39 is 11.7 Å². The second kappa shape index (κ2) is 6.84. The third-order valence-corrected chi connectivity index (χ3v) is 4.51. The van der Waals surface area contributed by atoms with E-state index in [1.54, 1.807) is 36.5 Å². The molecule has 0 bridgehead atoms. The van der Waals surface area contributed by atoms with Gasteiger partial charge in [-0.2, -0.15) is 4.98 Å². The summed E-state index contributed by atoms with van der Waals surface area (Å²) in [5.74, 6) is -0.215. The van der Waals surface area contributed by atoms with Crippen LogP contribution in [0.25, 0.3) is 0 Å². The molecule has 2 N–H and O–H groups in total. The molecule has 1 fully saturated rings. The highest BCUT2D eigenvalue weighted by Crippen LogP contribution is 2.34. The Labute approximate surface area is 136 Å². The van der Waals surface area contributed by atoms with Gasteiger partial charge in [0.2, 0.25) is 0 Å². The second-order valence-electron chi connectivity index (χ2n) is 4.86. The normalized spacial score (nSPS) is 20.3. The number of nitrogens with two attached hydrogens (primary N) is 1. The van der Waals surface area contributed by atoms with E-state index in [4.69, 9.17) is 15.2 Å². The van der Waals surface area contributed by atoms with Crippen LogP contribution in [0.3, 0.4) is 0 Å². The fraction of sp³-hybridized carbons (Fsp3) is 0.267. The molecule has 1 aromatic carbocycles. The Morgan fingerprint density at radius 3 is 2.91 bits per heavy atom. The molecule has 2 atom stereocenters. The predicted molar refractivity (Wildman–Crippen MR) is 86.0 cm³/mol. The molecular weight excluding hydrogens is 318 g/mol. The highest BCUT2D eigenvalue weighted by molar-refractivity contribution is 8.00. The van der Waals surface area contributed by atoms with Crippen LogP contribution in [0.5, 0.6) is 0 Å². The number of thioether (sulfide) groups is 1. The van der Waals surface area contributed by atoms with Crippen LogP contribution in [-0.4, -0.2) is 34.2 Å². The number of esters is 1. The molecule has 2 heterocycles. The minimum absolute atomic E-state index is 0.117. The summed E-state index contributed by atoms with van der Waals surface area (Å²) in [6.07, 6.45) is 1.59. The van der Waals surface area contributed by atoms with Gasteiger partial charge in [0, 0.05) is 6.20 Å². The van der Waals surface area contributed by atoms with E-state index >= 15 is 0 Å². The summed E-state index contributed by atoms with van der Waals surface area (Å²) in [6, 6.07) is 10.3. The van der Waals surface area contributed by atoms with Crippen molar-refractivity contribution >= 4 is 23.5 Å². The predicted octanol–water partition coefficient (Wildman–Crippen LogP) is 1.27. The molecule has 23 heavy (non-hydrogen) atoms. The number of hydrogen-bond donors (Lipinski definition) is 1. The van der Waals surface area contributed by atoms with E-state index in [0.717, 1.165) is 0 Å². The number of hydrogen-bond acceptors (Lipinski definition) is 7. The van der Waals surface area contributed by atoms with Crippen LogP contribution in [0.1, 0.15) is 15.7 Å². The standard InChI is InChI=1S/C15H15N3O4S/c16-11-6-7-18(15(20)17-11)12-8-21-13(23-12)9-22-14(19)10-4-2-1-3-5-10/h1-7,12-13H,8-9H2,(H2,16,17,20)/t12-,13-/m1/s1. The highest BCUT2D eigenvalue weighted by atomic mass is 32.2. The number of benzene rings is 1. The maximum Gasteiger partial charge on any atom is 0.350 e. The zero-order valence-electron chi connectivity index (χ0n) is 12.1. The molecule has 1 saturated heterocycles. The van der Waals surface area contributed by atoms with Crippen LogP contribution >= 0.6 is 11.8 Å². The van der Waals surface area contributed by atoms with Gasteiger partial charge in [0.25, 0.3) is 0 Å². The Morgan fingerprint density at radius 2 is 2.17 bits per heavy atom. The molecule has 8 heteroatoms. The van der Waals surface area contributed by atoms with Crippen LogP contribution in [0.4, 0.5) is 5.82 Å². The number of rotatable bonds is 4. The molecule has 0 amide bonds. The lowest BCUT2D eigenvalue weighted by Gasteiger charge is -2.12. The van der Waals surface area contributed by atoms with E-state index in [-0.39, 0.29) is 23.2 Å². The smallest absolute Gasteiger partial charge is 0.350 e. The average molecular weight is 333 g/mol. The Bertz CT molecular complexity index is 750. The summed E-state index contributed by atoms with van der Waals surface area (Å²) in [5.41, 5.74) is 5.22. The molecule has 1 aliphatic heterocycles. The van der Waals surface area contributed by atoms with Crippen molar-refractivity contribution in [2.24, 2.45) is 0 Å². The van der Waals surface area contributed by atoms with Crippen molar-refractivity contribution < 1.29 is 14.3 Å². The van der Waals surface area contributed by atoms with E-state index in [9.17, 15) is 9.59 Å². The fourth-order valence-corrected chi connectivity index (χ4v) is 3.23. The monoisotopic (exact) mass is 333 g/mol. The summed E-state index contributed by atoms with van der Waals surface area (Å²) < 4.78 is 12.3. The molecule has 0 unspecified atom stereocenters. The van der Waals surface area contributed by atoms with Crippen molar-refractivity contribution in [2.75, 3.05) is 18.9 Å². The Kier molecular flexibility index (Phi) is 4.63. The molecule has 0 aliphatic carbocycles. The molecule has 3 rings (SSSR count). The van der Waals surface area contributed by atoms with Crippen LogP contribution < -0.4 is 11.4 Å². The van der Waals surface area contributed by atoms with Crippen LogP contribution in [0.2, 0.25) is 0 Å². The summed E-state index contributed by atoms with van der Waals surface area (Å²) in [7, 11) is 0. The second-order valence-corrected chi connectivity index (χ2v) is 6.20. The zero-order chi connectivity index (χ0) is 16.2. The SMILES string of the molecule is Nc1ccn([C@H]2CO[C@@H](COC(=O)c3ccccc3)S2)c(=O)n1. The topological polar surface area (TPSA) is 96.4 Å². The molecule has 7 nitrogen and oxygen atoms in total. The van der Waals surface area contributed by atoms with E-state index in [1.165, 1.54) is 16.3 Å². The van der Waals surface area contributed by atoms with Crippen LogP contribution in [0, 0.1) is 0 Å². The zero-order valence-corrected chi connectivity index (χ0v) is 12.9. The molecule has 1 aromatic heterocycles. The van der Waals surface area contributed by atoms with Crippen molar-refractivity contribution in [1.29, 1.82) is 0 Å². The van der Waals surface area contributed by atoms with E-state index in [2.05, 4.69) is 4.98 Å². The van der Waals surface area contributed by atoms with Gasteiger partial charge >= 0.3 is 11.7 Å². The van der Waals surface area contributed by atoms with Gasteiger partial charge in [-0.05, 0) is 18.2 Å². The minimum atomic E-state index is -0.423. The molecule has 0 radical (unpaired) electrons. The van der Waals surface area contributed by atoms with Gasteiger partial charge in [0.1, 0.15) is 23.2 Å². The Morgan fingerprint density at radius 1 is 1.39 bits per heavy atom. The van der Waals surface area contributed by atoms with Gasteiger partial charge in [0.15, 0.2) is 0 Å². The fourth-order valence-electron chi connectivity index (χ4n) is 2.12. The van der Waals surface area contributed by atoms with Gasteiger partial charge in [-0.3, -0.25) is 4.57 Å². The first-order valence-electron chi connectivity index (χ1n) is 6.97. The Hall–Kier alpha value is -2.32. The minimum Gasteiger partial charge on any atom is -0.458 e. The van der Waals surface area contributed by atoms with Crippen molar-refractivity contribution in [2.45, 2.75) is 10.8 Å². The summed E-state index contributed by atoms with van der Waals surface area (Å²) in [6.45, 7) is 0.454. The van der Waals surface area contributed by atoms with Crippen LogP contribution in [0.15, 0.2) is 47.4 Å². The number of carbonyl (C=O) groups excluding carboxylic acids is 1. The third-order valence-electron chi connectivity index (χ3n) is 3.26. The lowest BCUT2D eigenvalue weighted by molar-refractivity contribution is 0.0273. The van der Waals surface area contributed by atoms with Crippen molar-refractivity contribution in [3.05, 3.63) is 58.6 Å². The van der Waals surface area contributed by atoms with Gasteiger partial charge in [-0.25, -0.2) is 9.59 Å². The maximum atomic E-state index is 11.9. The molecule has 1 aliphatic rings. The van der Waals surface area contributed by atoms with Gasteiger partial charge in [-0.1, -0.05) is 30.0 Å².